The molecule has 1 unspecified atom stereocenters. The van der Waals surface area contributed by atoms with Crippen LogP contribution >= 0.6 is 15.9 Å². The Morgan fingerprint density at radius 1 is 1.40 bits per heavy atom. The molecule has 1 aromatic carbocycles. The van der Waals surface area contributed by atoms with Crippen molar-refractivity contribution in [1.82, 2.24) is 4.90 Å². The van der Waals surface area contributed by atoms with E-state index in [1.165, 1.54) is 0 Å². The smallest absolute Gasteiger partial charge is 0.152 e. The summed E-state index contributed by atoms with van der Waals surface area (Å²) in [6.07, 6.45) is 0. The average molecular weight is 363 g/mol. The minimum atomic E-state index is -2.87. The molecule has 20 heavy (non-hydrogen) atoms. The zero-order valence-electron chi connectivity index (χ0n) is 11.4. The number of nitrogens with zero attached hydrogens (tertiary/aromatic N) is 1. The van der Waals surface area contributed by atoms with Crippen LogP contribution in [0.15, 0.2) is 22.7 Å². The molecule has 0 bridgehead atoms. The number of ether oxygens (including phenoxy) is 1. The number of sulfone groups is 1. The molecule has 1 aromatic rings. The number of benzene rings is 1. The number of nitrogens with two attached hydrogens (primary N) is 1. The topological polar surface area (TPSA) is 72.6 Å². The molecule has 1 aliphatic rings. The van der Waals surface area contributed by atoms with E-state index >= 15 is 0 Å². The highest BCUT2D eigenvalue weighted by atomic mass is 79.9. The van der Waals surface area contributed by atoms with Gasteiger partial charge in [-0.05, 0) is 33.6 Å². The summed E-state index contributed by atoms with van der Waals surface area (Å²) >= 11 is 3.47. The van der Waals surface area contributed by atoms with Gasteiger partial charge in [-0.2, -0.15) is 0 Å². The third kappa shape index (κ3) is 3.52. The average Bonchev–Trinajstić information content (AvgIpc) is 2.41. The van der Waals surface area contributed by atoms with Gasteiger partial charge in [0.15, 0.2) is 9.84 Å². The maximum absolute atomic E-state index is 11.5. The minimum Gasteiger partial charge on any atom is -0.496 e. The van der Waals surface area contributed by atoms with E-state index in [0.717, 1.165) is 15.8 Å². The van der Waals surface area contributed by atoms with E-state index in [2.05, 4.69) is 20.8 Å². The molecule has 112 valence electrons. The lowest BCUT2D eigenvalue weighted by Crippen LogP contribution is -2.44. The van der Waals surface area contributed by atoms with E-state index in [1.54, 1.807) is 7.11 Å². The van der Waals surface area contributed by atoms with Gasteiger partial charge in [-0.25, -0.2) is 8.42 Å². The highest BCUT2D eigenvalue weighted by molar-refractivity contribution is 9.10. The van der Waals surface area contributed by atoms with E-state index < -0.39 is 9.84 Å². The second kappa shape index (κ2) is 6.43. The Morgan fingerprint density at radius 3 is 2.55 bits per heavy atom. The quantitative estimate of drug-likeness (QED) is 0.870. The number of halogens is 1. The minimum absolute atomic E-state index is 0.0349. The predicted molar refractivity (Wildman–Crippen MR) is 82.7 cm³/mol. The molecule has 1 fully saturated rings. The van der Waals surface area contributed by atoms with Crippen LogP contribution in [0, 0.1) is 0 Å². The fourth-order valence-electron chi connectivity index (χ4n) is 2.42. The van der Waals surface area contributed by atoms with Crippen LogP contribution in [0.1, 0.15) is 11.6 Å². The van der Waals surface area contributed by atoms with Crippen molar-refractivity contribution in [2.75, 3.05) is 38.2 Å². The molecule has 2 N–H and O–H groups in total. The number of rotatable bonds is 4. The molecule has 0 saturated carbocycles. The Bertz CT molecular complexity index is 563. The van der Waals surface area contributed by atoms with Crippen molar-refractivity contribution >= 4 is 25.8 Å². The summed E-state index contributed by atoms with van der Waals surface area (Å²) in [5.74, 6) is 1.19. The monoisotopic (exact) mass is 362 g/mol. The van der Waals surface area contributed by atoms with E-state index in [4.69, 9.17) is 10.5 Å². The lowest BCUT2D eigenvalue weighted by atomic mass is 10.1. The second-order valence-corrected chi connectivity index (χ2v) is 7.99. The Balaban J connectivity index is 2.18. The second-order valence-electron chi connectivity index (χ2n) is 4.83. The predicted octanol–water partition coefficient (Wildman–Crippen LogP) is 1.19. The summed E-state index contributed by atoms with van der Waals surface area (Å²) in [4.78, 5) is 2.13. The Kier molecular flexibility index (Phi) is 5.06. The largest absolute Gasteiger partial charge is 0.496 e. The van der Waals surface area contributed by atoms with Crippen molar-refractivity contribution in [2.45, 2.75) is 6.04 Å². The molecule has 1 heterocycles. The molecule has 5 nitrogen and oxygen atoms in total. The first-order chi connectivity index (χ1) is 9.46. The van der Waals surface area contributed by atoms with Crippen LogP contribution in [-0.2, 0) is 9.84 Å². The summed E-state index contributed by atoms with van der Waals surface area (Å²) < 4.78 is 29.1. The maximum atomic E-state index is 11.5. The molecular weight excluding hydrogens is 344 g/mol. The van der Waals surface area contributed by atoms with Crippen molar-refractivity contribution in [1.29, 1.82) is 0 Å². The zero-order chi connectivity index (χ0) is 14.8. The van der Waals surface area contributed by atoms with E-state index in [-0.39, 0.29) is 17.5 Å². The van der Waals surface area contributed by atoms with E-state index in [1.807, 2.05) is 18.2 Å². The first kappa shape index (κ1) is 15.8. The molecule has 1 aliphatic heterocycles. The van der Waals surface area contributed by atoms with Crippen LogP contribution in [-0.4, -0.2) is 51.6 Å². The van der Waals surface area contributed by atoms with Gasteiger partial charge in [0.25, 0.3) is 0 Å². The molecule has 0 radical (unpaired) electrons. The van der Waals surface area contributed by atoms with Crippen molar-refractivity contribution in [3.63, 3.8) is 0 Å². The van der Waals surface area contributed by atoms with Crippen LogP contribution in [0.2, 0.25) is 0 Å². The molecule has 1 atom stereocenters. The standard InChI is InChI=1S/C13H19BrN2O3S/c1-19-13-3-2-10(8-11(13)14)12(9-15)16-4-6-20(17,18)7-5-16/h2-3,8,12H,4-7,9,15H2,1H3. The summed E-state index contributed by atoms with van der Waals surface area (Å²) in [5.41, 5.74) is 6.96. The van der Waals surface area contributed by atoms with Gasteiger partial charge in [0.05, 0.1) is 23.1 Å². The molecular formula is C13H19BrN2O3S. The van der Waals surface area contributed by atoms with E-state index in [9.17, 15) is 8.42 Å². The zero-order valence-corrected chi connectivity index (χ0v) is 13.8. The van der Waals surface area contributed by atoms with Gasteiger partial charge >= 0.3 is 0 Å². The van der Waals surface area contributed by atoms with Gasteiger partial charge in [-0.1, -0.05) is 6.07 Å². The number of hydrogen-bond acceptors (Lipinski definition) is 5. The third-order valence-electron chi connectivity index (χ3n) is 3.60. The van der Waals surface area contributed by atoms with Gasteiger partial charge in [0.1, 0.15) is 5.75 Å². The third-order valence-corrected chi connectivity index (χ3v) is 5.83. The summed E-state index contributed by atoms with van der Waals surface area (Å²) in [6, 6.07) is 5.89. The normalized spacial score (nSPS) is 20.6. The van der Waals surface area contributed by atoms with Crippen LogP contribution in [0.5, 0.6) is 5.75 Å². The fourth-order valence-corrected chi connectivity index (χ4v) is 4.21. The van der Waals surface area contributed by atoms with Crippen molar-refractivity contribution in [3.8, 4) is 5.75 Å². The van der Waals surface area contributed by atoms with Crippen LogP contribution in [0.4, 0.5) is 0 Å². The lowest BCUT2D eigenvalue weighted by molar-refractivity contribution is 0.218. The van der Waals surface area contributed by atoms with Gasteiger partial charge < -0.3 is 10.5 Å². The molecule has 2 rings (SSSR count). The summed E-state index contributed by atoms with van der Waals surface area (Å²) in [7, 11) is -1.25. The van der Waals surface area contributed by atoms with Gasteiger partial charge in [0.2, 0.25) is 0 Å². The number of methoxy groups -OCH3 is 1. The van der Waals surface area contributed by atoms with Crippen LogP contribution in [0.3, 0.4) is 0 Å². The first-order valence-corrected chi connectivity index (χ1v) is 9.06. The maximum Gasteiger partial charge on any atom is 0.152 e. The van der Waals surface area contributed by atoms with Gasteiger partial charge in [-0.3, -0.25) is 4.90 Å². The molecule has 0 aromatic heterocycles. The summed E-state index contributed by atoms with van der Waals surface area (Å²) in [6.45, 7) is 1.53. The van der Waals surface area contributed by atoms with Crippen molar-refractivity contribution < 1.29 is 13.2 Å². The van der Waals surface area contributed by atoms with E-state index in [0.29, 0.717) is 19.6 Å². The highest BCUT2D eigenvalue weighted by Crippen LogP contribution is 2.30. The van der Waals surface area contributed by atoms with Crippen LogP contribution in [0.25, 0.3) is 0 Å². The van der Waals surface area contributed by atoms with Gasteiger partial charge in [-0.15, -0.1) is 0 Å². The molecule has 0 spiro atoms. The molecule has 1 saturated heterocycles. The summed E-state index contributed by atoms with van der Waals surface area (Å²) in [5, 5.41) is 0. The van der Waals surface area contributed by atoms with Crippen molar-refractivity contribution in [2.24, 2.45) is 5.73 Å². The van der Waals surface area contributed by atoms with Crippen LogP contribution < -0.4 is 10.5 Å². The Hall–Kier alpha value is -0.630. The van der Waals surface area contributed by atoms with Crippen molar-refractivity contribution in [3.05, 3.63) is 28.2 Å². The van der Waals surface area contributed by atoms with Gasteiger partial charge in [0, 0.05) is 25.7 Å². The SMILES string of the molecule is COc1ccc(C(CN)N2CCS(=O)(=O)CC2)cc1Br. The lowest BCUT2D eigenvalue weighted by Gasteiger charge is -2.34. The molecule has 7 heteroatoms. The number of hydrogen-bond donors (Lipinski definition) is 1. The Labute approximate surface area is 128 Å². The first-order valence-electron chi connectivity index (χ1n) is 6.45. The Morgan fingerprint density at radius 2 is 2.05 bits per heavy atom. The molecule has 0 amide bonds. The highest BCUT2D eigenvalue weighted by Gasteiger charge is 2.27. The molecule has 0 aliphatic carbocycles. The fraction of sp³-hybridized carbons (Fsp3) is 0.538.